The molecule has 0 unspecified atom stereocenters. The van der Waals surface area contributed by atoms with Crippen LogP contribution >= 0.6 is 0 Å². The van der Waals surface area contributed by atoms with Crippen molar-refractivity contribution in [1.82, 2.24) is 25.2 Å². The van der Waals surface area contributed by atoms with Gasteiger partial charge in [0.05, 0.1) is 11.8 Å². The molecule has 1 aliphatic heterocycles. The highest BCUT2D eigenvalue weighted by Gasteiger charge is 2.16. The molecule has 0 atom stereocenters. The van der Waals surface area contributed by atoms with Crippen LogP contribution in [0.4, 0.5) is 5.69 Å². The molecule has 9 heteroatoms. The minimum Gasteiger partial charge on any atom is -0.355 e. The van der Waals surface area contributed by atoms with Gasteiger partial charge in [-0.1, -0.05) is 23.4 Å². The molecule has 5 rings (SSSR count). The fourth-order valence-corrected chi connectivity index (χ4v) is 4.14. The van der Waals surface area contributed by atoms with E-state index < -0.39 is 0 Å². The predicted molar refractivity (Wildman–Crippen MR) is 131 cm³/mol. The Kier molecular flexibility index (Phi) is 6.15. The molecule has 1 aliphatic rings. The van der Waals surface area contributed by atoms with E-state index in [2.05, 4.69) is 38.9 Å². The van der Waals surface area contributed by atoms with E-state index in [0.29, 0.717) is 11.3 Å². The lowest BCUT2D eigenvalue weighted by molar-refractivity contribution is 0.0941. The maximum Gasteiger partial charge on any atom is 0.273 e. The van der Waals surface area contributed by atoms with Crippen molar-refractivity contribution in [2.45, 2.75) is 19.5 Å². The van der Waals surface area contributed by atoms with Crippen LogP contribution in [0.15, 0.2) is 65.4 Å². The predicted octanol–water partition coefficient (Wildman–Crippen LogP) is 3.25. The Morgan fingerprint density at radius 1 is 1.06 bits per heavy atom. The lowest BCUT2D eigenvalue weighted by atomic mass is 9.99. The van der Waals surface area contributed by atoms with Gasteiger partial charge in [-0.25, -0.2) is 0 Å². The van der Waals surface area contributed by atoms with Gasteiger partial charge < -0.3 is 20.1 Å². The Balaban J connectivity index is 1.21. The lowest BCUT2D eigenvalue weighted by Crippen LogP contribution is -2.26. The summed E-state index contributed by atoms with van der Waals surface area (Å²) in [5.41, 5.74) is 5.59. The molecule has 2 aromatic carbocycles. The molecule has 0 saturated heterocycles. The van der Waals surface area contributed by atoms with E-state index in [1.807, 2.05) is 18.2 Å². The normalized spacial score (nSPS) is 13.3. The molecule has 9 nitrogen and oxygen atoms in total. The van der Waals surface area contributed by atoms with Gasteiger partial charge in [0.1, 0.15) is 0 Å². The van der Waals surface area contributed by atoms with Gasteiger partial charge in [-0.3, -0.25) is 14.3 Å². The number of carbonyl (C=O) groups excluding carboxylic acids is 2. The van der Waals surface area contributed by atoms with Crippen LogP contribution in [0.3, 0.4) is 0 Å². The van der Waals surface area contributed by atoms with Gasteiger partial charge in [0.15, 0.2) is 11.5 Å². The minimum absolute atomic E-state index is 0.177. The van der Waals surface area contributed by atoms with E-state index in [1.54, 1.807) is 48.4 Å². The second-order valence-corrected chi connectivity index (χ2v) is 8.79. The first-order valence-electron chi connectivity index (χ1n) is 11.4. The summed E-state index contributed by atoms with van der Waals surface area (Å²) >= 11 is 0. The van der Waals surface area contributed by atoms with Crippen LogP contribution in [-0.4, -0.2) is 45.2 Å². The number of nitrogens with one attached hydrogen (secondary N) is 2. The first-order chi connectivity index (χ1) is 16.9. The maximum absolute atomic E-state index is 12.9. The Morgan fingerprint density at radius 2 is 1.94 bits per heavy atom. The molecule has 4 aromatic rings. The number of rotatable bonds is 6. The lowest BCUT2D eigenvalue weighted by Gasteiger charge is -2.25. The van der Waals surface area contributed by atoms with E-state index in [1.165, 1.54) is 11.1 Å². The summed E-state index contributed by atoms with van der Waals surface area (Å²) in [4.78, 5) is 27.7. The molecule has 2 N–H and O–H groups in total. The molecule has 0 fully saturated rings. The number of aryl methyl sites for hydroxylation is 1. The van der Waals surface area contributed by atoms with Crippen molar-refractivity contribution in [3.63, 3.8) is 0 Å². The van der Waals surface area contributed by atoms with E-state index >= 15 is 0 Å². The number of fused-ring (bicyclic) bond motifs is 1. The Hall–Kier alpha value is -4.24. The van der Waals surface area contributed by atoms with Crippen molar-refractivity contribution in [2.24, 2.45) is 7.05 Å². The third-order valence-electron chi connectivity index (χ3n) is 6.04. The van der Waals surface area contributed by atoms with Gasteiger partial charge in [0.2, 0.25) is 0 Å². The van der Waals surface area contributed by atoms with Gasteiger partial charge in [0.25, 0.3) is 11.8 Å². The molecule has 0 saturated carbocycles. The summed E-state index contributed by atoms with van der Waals surface area (Å²) in [6.07, 6.45) is 4.44. The number of benzene rings is 2. The van der Waals surface area contributed by atoms with Crippen LogP contribution in [0.1, 0.15) is 37.5 Å². The molecule has 178 valence electrons. The Morgan fingerprint density at radius 3 is 2.77 bits per heavy atom. The summed E-state index contributed by atoms with van der Waals surface area (Å²) in [6, 6.07) is 14.8. The zero-order valence-electron chi connectivity index (χ0n) is 19.6. The highest BCUT2D eigenvalue weighted by atomic mass is 16.5. The van der Waals surface area contributed by atoms with E-state index in [0.717, 1.165) is 36.3 Å². The van der Waals surface area contributed by atoms with E-state index in [9.17, 15) is 9.59 Å². The van der Waals surface area contributed by atoms with E-state index in [-0.39, 0.29) is 24.1 Å². The van der Waals surface area contributed by atoms with Crippen molar-refractivity contribution in [2.75, 3.05) is 18.9 Å². The largest absolute Gasteiger partial charge is 0.355 e. The van der Waals surface area contributed by atoms with Crippen LogP contribution < -0.4 is 10.6 Å². The number of anilines is 1. The summed E-state index contributed by atoms with van der Waals surface area (Å²) in [5, 5.41) is 13.7. The zero-order chi connectivity index (χ0) is 24.4. The highest BCUT2D eigenvalue weighted by Crippen LogP contribution is 2.23. The SMILES string of the molecule is CN1CCc2ccc(NC(=O)c3cccc(CNC(=O)c4cc(-c5cnn(C)c5)on4)c3)cc2C1. The molecule has 0 bridgehead atoms. The molecular weight excluding hydrogens is 444 g/mol. The van der Waals surface area contributed by atoms with Crippen molar-refractivity contribution in [1.29, 1.82) is 0 Å². The molecule has 2 amide bonds. The Labute approximate surface area is 202 Å². The van der Waals surface area contributed by atoms with Crippen LogP contribution in [0.2, 0.25) is 0 Å². The average molecular weight is 471 g/mol. The van der Waals surface area contributed by atoms with Crippen LogP contribution in [0, 0.1) is 0 Å². The number of amides is 2. The minimum atomic E-state index is -0.363. The topological polar surface area (TPSA) is 105 Å². The fraction of sp³-hybridized carbons (Fsp3) is 0.231. The van der Waals surface area contributed by atoms with Gasteiger partial charge in [-0.15, -0.1) is 0 Å². The fourth-order valence-electron chi connectivity index (χ4n) is 4.14. The molecule has 35 heavy (non-hydrogen) atoms. The molecule has 0 aliphatic carbocycles. The van der Waals surface area contributed by atoms with Crippen LogP contribution in [0.5, 0.6) is 0 Å². The number of hydrogen-bond acceptors (Lipinski definition) is 6. The number of carbonyl (C=O) groups is 2. The number of aromatic nitrogens is 3. The van der Waals surface area contributed by atoms with Crippen LogP contribution in [0.25, 0.3) is 11.3 Å². The second kappa shape index (κ2) is 9.55. The van der Waals surface area contributed by atoms with Gasteiger partial charge in [0, 0.05) is 50.2 Å². The zero-order valence-corrected chi connectivity index (χ0v) is 19.6. The van der Waals surface area contributed by atoms with E-state index in [4.69, 9.17) is 4.52 Å². The molecule has 3 heterocycles. The third-order valence-corrected chi connectivity index (χ3v) is 6.04. The average Bonchev–Trinajstić information content (AvgIpc) is 3.52. The second-order valence-electron chi connectivity index (χ2n) is 8.79. The highest BCUT2D eigenvalue weighted by molar-refractivity contribution is 6.04. The first kappa shape index (κ1) is 22.5. The molecule has 0 radical (unpaired) electrons. The first-order valence-corrected chi connectivity index (χ1v) is 11.4. The van der Waals surface area contributed by atoms with Crippen molar-refractivity contribution >= 4 is 17.5 Å². The maximum atomic E-state index is 12.9. The standard InChI is InChI=1S/C26H26N6O3/c1-31-9-8-18-6-7-22(11-20(18)15-31)29-25(33)19-5-3-4-17(10-19)13-27-26(34)23-12-24(35-30-23)21-14-28-32(2)16-21/h3-7,10-12,14,16H,8-9,13,15H2,1-2H3,(H,27,34)(H,29,33). The molecular formula is C26H26N6O3. The van der Waals surface area contributed by atoms with Crippen molar-refractivity contribution < 1.29 is 14.1 Å². The number of likely N-dealkylation sites (N-methyl/N-ethyl adjacent to an activating group) is 1. The smallest absolute Gasteiger partial charge is 0.273 e. The van der Waals surface area contributed by atoms with Gasteiger partial charge in [-0.2, -0.15) is 5.10 Å². The number of nitrogens with zero attached hydrogens (tertiary/aromatic N) is 4. The monoisotopic (exact) mass is 470 g/mol. The van der Waals surface area contributed by atoms with Crippen LogP contribution in [-0.2, 0) is 26.6 Å². The van der Waals surface area contributed by atoms with Crippen molar-refractivity contribution in [3.05, 3.63) is 88.9 Å². The Bertz CT molecular complexity index is 1390. The molecule has 0 spiro atoms. The summed E-state index contributed by atoms with van der Waals surface area (Å²) in [6.45, 7) is 2.17. The third kappa shape index (κ3) is 5.15. The summed E-state index contributed by atoms with van der Waals surface area (Å²) < 4.78 is 6.91. The quantitative estimate of drug-likeness (QED) is 0.448. The van der Waals surface area contributed by atoms with Crippen molar-refractivity contribution in [3.8, 4) is 11.3 Å². The van der Waals surface area contributed by atoms with Gasteiger partial charge in [-0.05, 0) is 54.4 Å². The summed E-state index contributed by atoms with van der Waals surface area (Å²) in [7, 11) is 3.90. The van der Waals surface area contributed by atoms with Gasteiger partial charge >= 0.3 is 0 Å². The molecule has 2 aromatic heterocycles. The number of hydrogen-bond donors (Lipinski definition) is 2. The summed E-state index contributed by atoms with van der Waals surface area (Å²) in [5.74, 6) is -0.0894.